The van der Waals surface area contributed by atoms with E-state index in [4.69, 9.17) is 9.40 Å². The number of benzene rings is 6. The molecule has 4 aromatic heterocycles. The van der Waals surface area contributed by atoms with E-state index in [0.717, 1.165) is 60.7 Å². The molecule has 12 rings (SSSR count). The first-order chi connectivity index (χ1) is 26.3. The number of aromatic nitrogens is 3. The van der Waals surface area contributed by atoms with Crippen LogP contribution in [-0.4, -0.2) is 14.5 Å². The van der Waals surface area contributed by atoms with Crippen molar-refractivity contribution < 1.29 is 4.42 Å². The summed E-state index contributed by atoms with van der Waals surface area (Å²) in [4.78, 5) is 9.25. The standard InChI is InChI=1S/C49H29N3O/c1-4-12-39-30(9-1)16-17-31-18-19-33(32-20-23-43-37(27-32)38-29-50-26-24-44(38)52(43)46-15-7-8-25-51-46)28-42(31)49(39)40-13-5-2-11-36(40)47-41(49)22-21-35-34-10-3-6-14-45(34)53-48(35)47/h1-29H. The van der Waals surface area contributed by atoms with E-state index in [1.54, 1.807) is 0 Å². The summed E-state index contributed by atoms with van der Waals surface area (Å²) in [6.45, 7) is 0. The highest BCUT2D eigenvalue weighted by atomic mass is 16.3. The first-order valence-corrected chi connectivity index (χ1v) is 18.1. The van der Waals surface area contributed by atoms with Crippen molar-refractivity contribution in [2.75, 3.05) is 0 Å². The van der Waals surface area contributed by atoms with E-state index >= 15 is 0 Å². The highest BCUT2D eigenvalue weighted by Gasteiger charge is 2.49. The Balaban J connectivity index is 1.15. The summed E-state index contributed by atoms with van der Waals surface area (Å²) in [5.41, 5.74) is 15.7. The summed E-state index contributed by atoms with van der Waals surface area (Å²) >= 11 is 0. The zero-order chi connectivity index (χ0) is 34.7. The normalized spacial score (nSPS) is 15.5. The lowest BCUT2D eigenvalue weighted by atomic mass is 9.65. The first-order valence-electron chi connectivity index (χ1n) is 18.1. The highest BCUT2D eigenvalue weighted by Crippen LogP contribution is 2.60. The van der Waals surface area contributed by atoms with Crippen LogP contribution < -0.4 is 0 Å². The molecule has 4 heteroatoms. The molecular weight excluding hydrogens is 647 g/mol. The van der Waals surface area contributed by atoms with Gasteiger partial charge >= 0.3 is 0 Å². The first kappa shape index (κ1) is 28.6. The second kappa shape index (κ2) is 10.5. The SMILES string of the molecule is C1=Cc2ccc(-c3ccc4c(c3)c3cnccc3n4-c3ccccn3)cc2C2(c3ccccc31)c1ccccc1-c1c2ccc2c1oc1ccccc12. The summed E-state index contributed by atoms with van der Waals surface area (Å²) < 4.78 is 9.00. The van der Waals surface area contributed by atoms with E-state index in [9.17, 15) is 0 Å². The van der Waals surface area contributed by atoms with Gasteiger partial charge in [-0.1, -0.05) is 115 Å². The van der Waals surface area contributed by atoms with Crippen LogP contribution in [-0.2, 0) is 5.41 Å². The third-order valence-corrected chi connectivity index (χ3v) is 11.6. The van der Waals surface area contributed by atoms with Gasteiger partial charge in [-0.2, -0.15) is 0 Å². The van der Waals surface area contributed by atoms with Gasteiger partial charge < -0.3 is 4.42 Å². The van der Waals surface area contributed by atoms with E-state index in [0.29, 0.717) is 0 Å². The van der Waals surface area contributed by atoms with Crippen molar-refractivity contribution in [2.24, 2.45) is 0 Å². The van der Waals surface area contributed by atoms with Gasteiger partial charge in [0.25, 0.3) is 0 Å². The number of rotatable bonds is 2. The van der Waals surface area contributed by atoms with Crippen LogP contribution >= 0.6 is 0 Å². The smallest absolute Gasteiger partial charge is 0.143 e. The molecule has 0 saturated heterocycles. The van der Waals surface area contributed by atoms with Gasteiger partial charge in [0.05, 0.1) is 16.4 Å². The van der Waals surface area contributed by atoms with Gasteiger partial charge in [-0.15, -0.1) is 0 Å². The molecule has 10 aromatic rings. The summed E-state index contributed by atoms with van der Waals surface area (Å²) in [5.74, 6) is 0.890. The van der Waals surface area contributed by atoms with E-state index < -0.39 is 5.41 Å². The lowest BCUT2D eigenvalue weighted by Gasteiger charge is -2.35. The molecule has 0 N–H and O–H groups in total. The Kier molecular flexibility index (Phi) is 5.67. The van der Waals surface area contributed by atoms with Gasteiger partial charge in [-0.3, -0.25) is 9.55 Å². The fourth-order valence-electron chi connectivity index (χ4n) is 9.42. The molecule has 4 nitrogen and oxygen atoms in total. The van der Waals surface area contributed by atoms with Crippen LogP contribution in [0.25, 0.3) is 84.0 Å². The number of hydrogen-bond donors (Lipinski definition) is 0. The molecule has 1 spiro atoms. The number of hydrogen-bond acceptors (Lipinski definition) is 3. The molecular formula is C49H29N3O. The quantitative estimate of drug-likeness (QED) is 0.183. The van der Waals surface area contributed by atoms with Crippen LogP contribution in [0.2, 0.25) is 0 Å². The van der Waals surface area contributed by atoms with Crippen molar-refractivity contribution >= 4 is 55.9 Å². The molecule has 0 radical (unpaired) electrons. The van der Waals surface area contributed by atoms with E-state index in [2.05, 4.69) is 155 Å². The second-order valence-corrected chi connectivity index (χ2v) is 14.1. The van der Waals surface area contributed by atoms with Gasteiger partial charge in [0.2, 0.25) is 0 Å². The number of nitrogens with zero attached hydrogens (tertiary/aromatic N) is 3. The topological polar surface area (TPSA) is 43.9 Å². The molecule has 0 saturated carbocycles. The van der Waals surface area contributed by atoms with Gasteiger partial charge in [-0.05, 0) is 92.5 Å². The number of furan rings is 1. The van der Waals surface area contributed by atoms with Gasteiger partial charge in [0.15, 0.2) is 0 Å². The molecule has 246 valence electrons. The molecule has 4 heterocycles. The molecule has 1 unspecified atom stereocenters. The Morgan fingerprint density at radius 3 is 2.21 bits per heavy atom. The molecule has 53 heavy (non-hydrogen) atoms. The van der Waals surface area contributed by atoms with Crippen LogP contribution in [0.4, 0.5) is 0 Å². The lowest BCUT2D eigenvalue weighted by molar-refractivity contribution is 0.669. The summed E-state index contributed by atoms with van der Waals surface area (Å²) in [7, 11) is 0. The van der Waals surface area contributed by atoms with Crippen LogP contribution in [0.5, 0.6) is 0 Å². The minimum atomic E-state index is -0.576. The maximum atomic E-state index is 6.77. The molecule has 0 bridgehead atoms. The number of fused-ring (bicyclic) bond motifs is 16. The van der Waals surface area contributed by atoms with Crippen LogP contribution in [0.15, 0.2) is 169 Å². The molecule has 1 atom stereocenters. The molecule has 6 aromatic carbocycles. The summed E-state index contributed by atoms with van der Waals surface area (Å²) in [6.07, 6.45) is 10.3. The second-order valence-electron chi connectivity index (χ2n) is 14.1. The molecule has 0 aliphatic heterocycles. The van der Waals surface area contributed by atoms with Crippen molar-refractivity contribution in [1.82, 2.24) is 14.5 Å². The zero-order valence-electron chi connectivity index (χ0n) is 28.5. The van der Waals surface area contributed by atoms with E-state index in [1.807, 2.05) is 30.7 Å². The predicted octanol–water partition coefficient (Wildman–Crippen LogP) is 12.0. The molecule has 0 amide bonds. The Morgan fingerprint density at radius 1 is 0.509 bits per heavy atom. The maximum Gasteiger partial charge on any atom is 0.143 e. The average Bonchev–Trinajstić information content (AvgIpc) is 3.83. The van der Waals surface area contributed by atoms with Crippen molar-refractivity contribution in [3.05, 3.63) is 198 Å². The van der Waals surface area contributed by atoms with Gasteiger partial charge in [-0.25, -0.2) is 4.98 Å². The predicted molar refractivity (Wildman–Crippen MR) is 215 cm³/mol. The van der Waals surface area contributed by atoms with E-state index in [-0.39, 0.29) is 0 Å². The largest absolute Gasteiger partial charge is 0.455 e. The number of pyridine rings is 2. The van der Waals surface area contributed by atoms with Crippen molar-refractivity contribution in [3.8, 4) is 28.1 Å². The maximum absolute atomic E-state index is 6.77. The molecule has 2 aliphatic rings. The van der Waals surface area contributed by atoms with Crippen LogP contribution in [0.1, 0.15) is 33.4 Å². The van der Waals surface area contributed by atoms with Crippen molar-refractivity contribution in [1.29, 1.82) is 0 Å². The number of para-hydroxylation sites is 1. The van der Waals surface area contributed by atoms with Crippen LogP contribution in [0.3, 0.4) is 0 Å². The Labute approximate surface area is 304 Å². The minimum Gasteiger partial charge on any atom is -0.455 e. The Hall–Kier alpha value is -7.04. The molecule has 0 fully saturated rings. The van der Waals surface area contributed by atoms with Crippen LogP contribution in [0, 0.1) is 0 Å². The van der Waals surface area contributed by atoms with Crippen molar-refractivity contribution in [3.63, 3.8) is 0 Å². The zero-order valence-corrected chi connectivity index (χ0v) is 28.5. The monoisotopic (exact) mass is 675 g/mol. The average molecular weight is 676 g/mol. The third kappa shape index (κ3) is 3.74. The minimum absolute atomic E-state index is 0.576. The van der Waals surface area contributed by atoms with Crippen molar-refractivity contribution in [2.45, 2.75) is 5.41 Å². The van der Waals surface area contributed by atoms with Gasteiger partial charge in [0, 0.05) is 45.7 Å². The van der Waals surface area contributed by atoms with E-state index in [1.165, 1.54) is 44.5 Å². The fourth-order valence-corrected chi connectivity index (χ4v) is 9.42. The Morgan fingerprint density at radius 2 is 1.28 bits per heavy atom. The van der Waals surface area contributed by atoms with Gasteiger partial charge in [0.1, 0.15) is 17.0 Å². The Bertz CT molecular complexity index is 3180. The molecule has 2 aliphatic carbocycles. The highest BCUT2D eigenvalue weighted by molar-refractivity contribution is 6.13. The summed E-state index contributed by atoms with van der Waals surface area (Å²) in [6, 6.07) is 52.8. The fraction of sp³-hybridized carbons (Fsp3) is 0.0204. The third-order valence-electron chi connectivity index (χ3n) is 11.6. The summed E-state index contributed by atoms with van der Waals surface area (Å²) in [5, 5.41) is 4.54. The lowest BCUT2D eigenvalue weighted by Crippen LogP contribution is -2.30.